The van der Waals surface area contributed by atoms with E-state index in [0.717, 1.165) is 0 Å². The Morgan fingerprint density at radius 3 is 2.40 bits per heavy atom. The van der Waals surface area contributed by atoms with Gasteiger partial charge in [-0.1, -0.05) is 0 Å². The highest BCUT2D eigenvalue weighted by Gasteiger charge is 2.09. The summed E-state index contributed by atoms with van der Waals surface area (Å²) in [5.41, 5.74) is 0. The third-order valence-corrected chi connectivity index (χ3v) is 1.42. The van der Waals surface area contributed by atoms with Crippen LogP contribution in [0.1, 0.15) is 6.92 Å². The van der Waals surface area contributed by atoms with E-state index in [1.807, 2.05) is 25.9 Å². The van der Waals surface area contributed by atoms with Gasteiger partial charge >= 0.3 is 0 Å². The van der Waals surface area contributed by atoms with Crippen molar-refractivity contribution in [3.63, 3.8) is 0 Å². The third kappa shape index (κ3) is 3.80. The maximum absolute atomic E-state index is 12.1. The lowest BCUT2D eigenvalue weighted by Crippen LogP contribution is -2.34. The minimum absolute atomic E-state index is 0.0834. The molecule has 0 saturated carbocycles. The number of likely N-dealkylation sites (N-methyl/N-ethyl adjacent to an activating group) is 1. The van der Waals surface area contributed by atoms with Crippen molar-refractivity contribution in [2.45, 2.75) is 13.0 Å². The van der Waals surface area contributed by atoms with E-state index in [2.05, 4.69) is 0 Å². The Balaban J connectivity index is 3.40. The minimum Gasteiger partial charge on any atom is -0.380 e. The Morgan fingerprint density at radius 1 is 1.50 bits per heavy atom. The van der Waals surface area contributed by atoms with Crippen LogP contribution < -0.4 is 0 Å². The van der Waals surface area contributed by atoms with E-state index in [1.165, 1.54) is 0 Å². The van der Waals surface area contributed by atoms with Crippen molar-refractivity contribution in [2.24, 2.45) is 0 Å². The first-order chi connectivity index (χ1) is 4.72. The van der Waals surface area contributed by atoms with Crippen LogP contribution in [0.25, 0.3) is 0 Å². The Hall–Kier alpha value is -0.150. The summed E-state index contributed by atoms with van der Waals surface area (Å²) in [5, 5.41) is 0. The smallest absolute Gasteiger partial charge is 0.107 e. The lowest BCUT2D eigenvalue weighted by Gasteiger charge is -2.20. The molecule has 0 N–H and O–H groups in total. The van der Waals surface area contributed by atoms with Crippen molar-refractivity contribution in [2.75, 3.05) is 34.0 Å². The fourth-order valence-corrected chi connectivity index (χ4v) is 0.586. The Morgan fingerprint density at radius 2 is 2.10 bits per heavy atom. The van der Waals surface area contributed by atoms with Crippen molar-refractivity contribution in [3.8, 4) is 0 Å². The van der Waals surface area contributed by atoms with Gasteiger partial charge in [-0.2, -0.15) is 0 Å². The maximum Gasteiger partial charge on any atom is 0.107 e. The zero-order valence-electron chi connectivity index (χ0n) is 6.93. The quantitative estimate of drug-likeness (QED) is 0.576. The lowest BCUT2D eigenvalue weighted by atomic mass is 10.3. The van der Waals surface area contributed by atoms with Gasteiger partial charge in [0.2, 0.25) is 0 Å². The predicted octanol–water partition coefficient (Wildman–Crippen LogP) is 0.923. The number of rotatable bonds is 5. The first-order valence-corrected chi connectivity index (χ1v) is 3.52. The monoisotopic (exact) mass is 149 g/mol. The zero-order chi connectivity index (χ0) is 7.98. The number of halogens is 1. The normalized spacial score (nSPS) is 14.1. The number of nitrogens with zero attached hydrogens (tertiary/aromatic N) is 1. The van der Waals surface area contributed by atoms with Gasteiger partial charge in [-0.05, 0) is 21.0 Å². The average molecular weight is 149 g/mol. The molecule has 2 nitrogen and oxygen atoms in total. The second kappa shape index (κ2) is 5.62. The van der Waals surface area contributed by atoms with Gasteiger partial charge in [-0.3, -0.25) is 0 Å². The van der Waals surface area contributed by atoms with Crippen LogP contribution in [0.5, 0.6) is 0 Å². The average Bonchev–Trinajstić information content (AvgIpc) is 1.89. The van der Waals surface area contributed by atoms with Gasteiger partial charge < -0.3 is 9.64 Å². The highest BCUT2D eigenvalue weighted by Crippen LogP contribution is 1.94. The summed E-state index contributed by atoms with van der Waals surface area (Å²) in [6.07, 6.45) is 0. The lowest BCUT2D eigenvalue weighted by molar-refractivity contribution is 0.0760. The molecule has 0 aromatic rings. The number of ether oxygens (including phenoxy) is 1. The molecule has 1 unspecified atom stereocenters. The second-order valence-corrected chi connectivity index (χ2v) is 2.43. The Labute approximate surface area is 62.0 Å². The first kappa shape index (κ1) is 9.85. The van der Waals surface area contributed by atoms with Crippen molar-refractivity contribution >= 4 is 0 Å². The van der Waals surface area contributed by atoms with Crippen LogP contribution in [-0.2, 0) is 4.74 Å². The molecule has 0 amide bonds. The molecule has 0 bridgehead atoms. The first-order valence-electron chi connectivity index (χ1n) is 3.52. The molecule has 0 aliphatic rings. The summed E-state index contributed by atoms with van der Waals surface area (Å²) >= 11 is 0. The van der Waals surface area contributed by atoms with Gasteiger partial charge in [0.25, 0.3) is 0 Å². The highest BCUT2D eigenvalue weighted by molar-refractivity contribution is 4.62. The molecule has 0 radical (unpaired) electrons. The molecule has 0 rings (SSSR count). The molecule has 3 heteroatoms. The molecule has 0 aromatic heterocycles. The van der Waals surface area contributed by atoms with E-state index in [1.54, 1.807) is 0 Å². The highest BCUT2D eigenvalue weighted by atomic mass is 19.1. The molecule has 0 fully saturated rings. The molecule has 0 saturated heterocycles. The third-order valence-electron chi connectivity index (χ3n) is 1.42. The molecule has 0 aromatic carbocycles. The summed E-state index contributed by atoms with van der Waals surface area (Å²) in [6.45, 7) is 2.71. The van der Waals surface area contributed by atoms with Gasteiger partial charge in [-0.15, -0.1) is 0 Å². The molecule has 0 aliphatic heterocycles. The van der Waals surface area contributed by atoms with Gasteiger partial charge in [-0.25, -0.2) is 4.39 Å². The number of hydrogen-bond acceptors (Lipinski definition) is 2. The number of hydrogen-bond donors (Lipinski definition) is 0. The molecule has 1 atom stereocenters. The topological polar surface area (TPSA) is 12.5 Å². The standard InChI is InChI=1S/C7H16FNO/c1-4-10-6-7(5-8)9(2)3/h7H,4-6H2,1-3H3. The fraction of sp³-hybridized carbons (Fsp3) is 1.00. The van der Waals surface area contributed by atoms with E-state index in [4.69, 9.17) is 4.74 Å². The molecule has 62 valence electrons. The molecule has 0 spiro atoms. The van der Waals surface area contributed by atoms with Crippen LogP contribution in [0, 0.1) is 0 Å². The minimum atomic E-state index is -0.340. The van der Waals surface area contributed by atoms with Crippen LogP contribution in [0.4, 0.5) is 4.39 Å². The largest absolute Gasteiger partial charge is 0.380 e. The summed E-state index contributed by atoms with van der Waals surface area (Å²) in [6, 6.07) is -0.0834. The molecular formula is C7H16FNO. The second-order valence-electron chi connectivity index (χ2n) is 2.43. The molecular weight excluding hydrogens is 133 g/mol. The molecule has 10 heavy (non-hydrogen) atoms. The van der Waals surface area contributed by atoms with Crippen molar-refractivity contribution in [1.82, 2.24) is 4.90 Å². The van der Waals surface area contributed by atoms with Crippen LogP contribution >= 0.6 is 0 Å². The zero-order valence-corrected chi connectivity index (χ0v) is 6.93. The van der Waals surface area contributed by atoms with E-state index < -0.39 is 0 Å². The van der Waals surface area contributed by atoms with Crippen molar-refractivity contribution in [3.05, 3.63) is 0 Å². The predicted molar refractivity (Wildman–Crippen MR) is 39.9 cm³/mol. The van der Waals surface area contributed by atoms with Gasteiger partial charge in [0.05, 0.1) is 12.6 Å². The van der Waals surface area contributed by atoms with Crippen LogP contribution in [0.2, 0.25) is 0 Å². The maximum atomic E-state index is 12.1. The van der Waals surface area contributed by atoms with Crippen molar-refractivity contribution in [1.29, 1.82) is 0 Å². The molecule has 0 heterocycles. The van der Waals surface area contributed by atoms with E-state index in [-0.39, 0.29) is 12.7 Å². The molecule has 0 aliphatic carbocycles. The summed E-state index contributed by atoms with van der Waals surface area (Å²) in [5.74, 6) is 0. The summed E-state index contributed by atoms with van der Waals surface area (Å²) in [4.78, 5) is 1.83. The van der Waals surface area contributed by atoms with E-state index >= 15 is 0 Å². The van der Waals surface area contributed by atoms with E-state index in [9.17, 15) is 4.39 Å². The Kier molecular flexibility index (Phi) is 5.54. The van der Waals surface area contributed by atoms with Crippen LogP contribution in [0.15, 0.2) is 0 Å². The fourth-order valence-electron chi connectivity index (χ4n) is 0.586. The van der Waals surface area contributed by atoms with Crippen LogP contribution in [-0.4, -0.2) is 44.9 Å². The van der Waals surface area contributed by atoms with E-state index in [0.29, 0.717) is 13.2 Å². The summed E-state index contributed by atoms with van der Waals surface area (Å²) < 4.78 is 17.2. The SMILES string of the molecule is CCOCC(CF)N(C)C. The Bertz CT molecular complexity index is 78.0. The van der Waals surface area contributed by atoms with Gasteiger partial charge in [0.15, 0.2) is 0 Å². The van der Waals surface area contributed by atoms with Crippen molar-refractivity contribution < 1.29 is 9.13 Å². The number of alkyl halides is 1. The van der Waals surface area contributed by atoms with Crippen LogP contribution in [0.3, 0.4) is 0 Å². The summed E-state index contributed by atoms with van der Waals surface area (Å²) in [7, 11) is 3.70. The van der Waals surface area contributed by atoms with Gasteiger partial charge in [0, 0.05) is 6.61 Å². The van der Waals surface area contributed by atoms with Gasteiger partial charge in [0.1, 0.15) is 6.67 Å².